The monoisotopic (exact) mass is 237 g/mol. The molecule has 0 aliphatic rings. The molecular weight excluding hydrogens is 218 g/mol. The Balaban J connectivity index is 2.50. The molecule has 0 fully saturated rings. The Kier molecular flexibility index (Phi) is 5.35. The highest BCUT2D eigenvalue weighted by atomic mass is 16.5. The van der Waals surface area contributed by atoms with Gasteiger partial charge in [-0.25, -0.2) is 15.0 Å². The van der Waals surface area contributed by atoms with Crippen molar-refractivity contribution in [3.8, 4) is 0 Å². The Bertz CT molecular complexity index is 371. The summed E-state index contributed by atoms with van der Waals surface area (Å²) in [5.41, 5.74) is 7.48. The van der Waals surface area contributed by atoms with Gasteiger partial charge in [0.15, 0.2) is 5.96 Å². The Labute approximate surface area is 101 Å². The van der Waals surface area contributed by atoms with Crippen molar-refractivity contribution in [2.24, 2.45) is 10.7 Å². The van der Waals surface area contributed by atoms with Crippen LogP contribution in [-0.4, -0.2) is 36.2 Å². The number of aryl methyl sites for hydroxylation is 2. The van der Waals surface area contributed by atoms with E-state index in [1.165, 1.54) is 0 Å². The van der Waals surface area contributed by atoms with Gasteiger partial charge in [-0.15, -0.1) is 0 Å². The van der Waals surface area contributed by atoms with Gasteiger partial charge in [0.2, 0.25) is 0 Å². The number of hydrogen-bond acceptors (Lipinski definition) is 4. The van der Waals surface area contributed by atoms with Gasteiger partial charge in [0.25, 0.3) is 0 Å². The third-order valence-corrected chi connectivity index (χ3v) is 2.04. The maximum absolute atomic E-state index is 5.68. The van der Waals surface area contributed by atoms with Gasteiger partial charge in [0, 0.05) is 19.3 Å². The SMILES string of the molecule is COCCNC(N)=NCc1cc(C)nc(C)n1. The molecule has 0 bridgehead atoms. The fraction of sp³-hybridized carbons (Fsp3) is 0.545. The molecule has 17 heavy (non-hydrogen) atoms. The van der Waals surface area contributed by atoms with Gasteiger partial charge < -0.3 is 15.8 Å². The van der Waals surface area contributed by atoms with Gasteiger partial charge in [-0.05, 0) is 19.9 Å². The molecule has 94 valence electrons. The predicted molar refractivity (Wildman–Crippen MR) is 66.7 cm³/mol. The number of guanidine groups is 1. The molecule has 0 saturated carbocycles. The van der Waals surface area contributed by atoms with Crippen LogP contribution in [0, 0.1) is 13.8 Å². The molecule has 3 N–H and O–H groups in total. The lowest BCUT2D eigenvalue weighted by Crippen LogP contribution is -2.34. The van der Waals surface area contributed by atoms with Crippen molar-refractivity contribution in [2.75, 3.05) is 20.3 Å². The van der Waals surface area contributed by atoms with Crippen molar-refractivity contribution in [3.63, 3.8) is 0 Å². The van der Waals surface area contributed by atoms with Crippen LogP contribution in [-0.2, 0) is 11.3 Å². The number of aromatic nitrogens is 2. The van der Waals surface area contributed by atoms with Crippen molar-refractivity contribution in [3.05, 3.63) is 23.3 Å². The maximum Gasteiger partial charge on any atom is 0.189 e. The Morgan fingerprint density at radius 2 is 2.24 bits per heavy atom. The summed E-state index contributed by atoms with van der Waals surface area (Å²) in [6.07, 6.45) is 0. The lowest BCUT2D eigenvalue weighted by molar-refractivity contribution is 0.204. The van der Waals surface area contributed by atoms with Crippen LogP contribution in [0.4, 0.5) is 0 Å². The van der Waals surface area contributed by atoms with Crippen LogP contribution in [0.2, 0.25) is 0 Å². The molecule has 0 aromatic carbocycles. The number of nitrogens with one attached hydrogen (secondary N) is 1. The lowest BCUT2D eigenvalue weighted by atomic mass is 10.3. The first-order valence-corrected chi connectivity index (χ1v) is 5.45. The van der Waals surface area contributed by atoms with Crippen molar-refractivity contribution in [2.45, 2.75) is 20.4 Å². The van der Waals surface area contributed by atoms with Gasteiger partial charge in [0.1, 0.15) is 5.82 Å². The maximum atomic E-state index is 5.68. The van der Waals surface area contributed by atoms with Gasteiger partial charge in [-0.1, -0.05) is 0 Å². The van der Waals surface area contributed by atoms with Crippen molar-refractivity contribution in [1.29, 1.82) is 0 Å². The molecule has 0 amide bonds. The molecule has 1 aromatic heterocycles. The van der Waals surface area contributed by atoms with Gasteiger partial charge >= 0.3 is 0 Å². The zero-order chi connectivity index (χ0) is 12.7. The first kappa shape index (κ1) is 13.4. The fourth-order valence-electron chi connectivity index (χ4n) is 1.38. The third kappa shape index (κ3) is 5.26. The Morgan fingerprint density at radius 1 is 1.47 bits per heavy atom. The largest absolute Gasteiger partial charge is 0.383 e. The van der Waals surface area contributed by atoms with Crippen molar-refractivity contribution in [1.82, 2.24) is 15.3 Å². The smallest absolute Gasteiger partial charge is 0.189 e. The zero-order valence-electron chi connectivity index (χ0n) is 10.5. The summed E-state index contributed by atoms with van der Waals surface area (Å²) in [7, 11) is 1.64. The van der Waals surface area contributed by atoms with Crippen LogP contribution in [0.5, 0.6) is 0 Å². The number of aliphatic imine (C=N–C) groups is 1. The first-order chi connectivity index (χ1) is 8.11. The van der Waals surface area contributed by atoms with E-state index in [4.69, 9.17) is 10.5 Å². The standard InChI is InChI=1S/C11H19N5O/c1-8-6-10(16-9(2)15-8)7-14-11(12)13-4-5-17-3/h6H,4-5,7H2,1-3H3,(H3,12,13,14). The zero-order valence-corrected chi connectivity index (χ0v) is 10.5. The first-order valence-electron chi connectivity index (χ1n) is 5.45. The number of nitrogens with two attached hydrogens (primary N) is 1. The second-order valence-electron chi connectivity index (χ2n) is 3.67. The van der Waals surface area contributed by atoms with E-state index in [9.17, 15) is 0 Å². The van der Waals surface area contributed by atoms with E-state index < -0.39 is 0 Å². The summed E-state index contributed by atoms with van der Waals surface area (Å²) in [5, 5.41) is 2.94. The number of ether oxygens (including phenoxy) is 1. The summed E-state index contributed by atoms with van der Waals surface area (Å²) in [5.74, 6) is 1.15. The molecule has 6 heteroatoms. The average molecular weight is 237 g/mol. The quantitative estimate of drug-likeness (QED) is 0.432. The molecule has 1 aromatic rings. The topological polar surface area (TPSA) is 85.4 Å². The van der Waals surface area contributed by atoms with Gasteiger partial charge in [-0.3, -0.25) is 0 Å². The molecular formula is C11H19N5O. The number of rotatable bonds is 5. The third-order valence-electron chi connectivity index (χ3n) is 2.04. The van der Waals surface area contributed by atoms with Crippen molar-refractivity contribution >= 4 is 5.96 Å². The number of methoxy groups -OCH3 is 1. The molecule has 0 unspecified atom stereocenters. The van der Waals surface area contributed by atoms with Crippen LogP contribution in [0.25, 0.3) is 0 Å². The Morgan fingerprint density at radius 3 is 2.88 bits per heavy atom. The molecule has 0 radical (unpaired) electrons. The molecule has 0 aliphatic heterocycles. The second-order valence-corrected chi connectivity index (χ2v) is 3.67. The van der Waals surface area contributed by atoms with E-state index >= 15 is 0 Å². The normalized spacial score (nSPS) is 11.6. The highest BCUT2D eigenvalue weighted by Crippen LogP contribution is 2.01. The minimum Gasteiger partial charge on any atom is -0.383 e. The van der Waals surface area contributed by atoms with E-state index in [0.717, 1.165) is 17.2 Å². The molecule has 0 spiro atoms. The van der Waals surface area contributed by atoms with Gasteiger partial charge in [0.05, 0.1) is 18.8 Å². The van der Waals surface area contributed by atoms with Crippen LogP contribution in [0.15, 0.2) is 11.1 Å². The van der Waals surface area contributed by atoms with Crippen LogP contribution < -0.4 is 11.1 Å². The number of hydrogen-bond donors (Lipinski definition) is 2. The molecule has 6 nitrogen and oxygen atoms in total. The summed E-state index contributed by atoms with van der Waals surface area (Å²) in [4.78, 5) is 12.7. The number of nitrogens with zero attached hydrogens (tertiary/aromatic N) is 3. The Hall–Kier alpha value is -1.69. The van der Waals surface area contributed by atoms with Gasteiger partial charge in [-0.2, -0.15) is 0 Å². The van der Waals surface area contributed by atoms with Crippen LogP contribution in [0.1, 0.15) is 17.2 Å². The summed E-state index contributed by atoms with van der Waals surface area (Å²) < 4.78 is 4.89. The molecule has 0 atom stereocenters. The lowest BCUT2D eigenvalue weighted by Gasteiger charge is -2.05. The van der Waals surface area contributed by atoms with Crippen LogP contribution >= 0.6 is 0 Å². The fourth-order valence-corrected chi connectivity index (χ4v) is 1.38. The second kappa shape index (κ2) is 6.80. The minimum absolute atomic E-state index is 0.399. The van der Waals surface area contributed by atoms with E-state index in [0.29, 0.717) is 25.7 Å². The van der Waals surface area contributed by atoms with E-state index in [1.54, 1.807) is 7.11 Å². The molecule has 0 saturated heterocycles. The summed E-state index contributed by atoms with van der Waals surface area (Å²) in [6.45, 7) is 5.49. The molecule has 0 aliphatic carbocycles. The summed E-state index contributed by atoms with van der Waals surface area (Å²) in [6, 6.07) is 1.90. The highest BCUT2D eigenvalue weighted by Gasteiger charge is 1.98. The van der Waals surface area contributed by atoms with Crippen LogP contribution in [0.3, 0.4) is 0 Å². The predicted octanol–water partition coefficient (Wildman–Crippen LogP) is 0.144. The van der Waals surface area contributed by atoms with E-state index in [-0.39, 0.29) is 0 Å². The average Bonchev–Trinajstić information content (AvgIpc) is 2.25. The van der Waals surface area contributed by atoms with E-state index in [2.05, 4.69) is 20.3 Å². The van der Waals surface area contributed by atoms with Crippen molar-refractivity contribution < 1.29 is 4.74 Å². The molecule has 1 heterocycles. The minimum atomic E-state index is 0.399. The molecule has 1 rings (SSSR count). The highest BCUT2D eigenvalue weighted by molar-refractivity contribution is 5.77. The summed E-state index contributed by atoms with van der Waals surface area (Å²) >= 11 is 0. The van der Waals surface area contributed by atoms with E-state index in [1.807, 2.05) is 19.9 Å².